The molecular weight excluding hydrogens is 234 g/mol. The van der Waals surface area contributed by atoms with Gasteiger partial charge in [0.25, 0.3) is 0 Å². The zero-order chi connectivity index (χ0) is 12.9. The molecule has 1 aliphatic heterocycles. The lowest BCUT2D eigenvalue weighted by Gasteiger charge is -2.14. The van der Waals surface area contributed by atoms with Gasteiger partial charge >= 0.3 is 0 Å². The van der Waals surface area contributed by atoms with Gasteiger partial charge < -0.3 is 10.1 Å². The Morgan fingerprint density at radius 3 is 2.58 bits per heavy atom. The molecule has 2 aromatic rings. The monoisotopic (exact) mass is 253 g/mol. The molecule has 1 aliphatic rings. The van der Waals surface area contributed by atoms with E-state index in [4.69, 9.17) is 4.74 Å². The van der Waals surface area contributed by atoms with Gasteiger partial charge in [-0.1, -0.05) is 48.5 Å². The van der Waals surface area contributed by atoms with Gasteiger partial charge in [0, 0.05) is 18.0 Å². The third-order valence-electron chi connectivity index (χ3n) is 3.61. The minimum Gasteiger partial charge on any atom is -0.493 e. The Morgan fingerprint density at radius 1 is 1.00 bits per heavy atom. The van der Waals surface area contributed by atoms with Crippen molar-refractivity contribution in [2.45, 2.75) is 6.42 Å². The predicted molar refractivity (Wildman–Crippen MR) is 78.3 cm³/mol. The first-order valence-corrected chi connectivity index (χ1v) is 6.91. The molecular formula is C17H19NO. The zero-order valence-electron chi connectivity index (χ0n) is 11.0. The van der Waals surface area contributed by atoms with E-state index in [2.05, 4.69) is 47.8 Å². The summed E-state index contributed by atoms with van der Waals surface area (Å²) in [7, 11) is 0. The van der Waals surface area contributed by atoms with Crippen molar-refractivity contribution in [3.8, 4) is 16.9 Å². The minimum absolute atomic E-state index is 0.642. The van der Waals surface area contributed by atoms with E-state index in [0.29, 0.717) is 5.92 Å². The summed E-state index contributed by atoms with van der Waals surface area (Å²) in [6.45, 7) is 3.00. The molecule has 3 rings (SSSR count). The number of rotatable bonds is 4. The summed E-state index contributed by atoms with van der Waals surface area (Å²) < 4.78 is 6.04. The van der Waals surface area contributed by atoms with Gasteiger partial charge in [-0.3, -0.25) is 0 Å². The number of hydrogen-bond donors (Lipinski definition) is 1. The van der Waals surface area contributed by atoms with Gasteiger partial charge in [0.05, 0.1) is 6.61 Å². The molecule has 2 heteroatoms. The maximum Gasteiger partial charge on any atom is 0.127 e. The summed E-state index contributed by atoms with van der Waals surface area (Å²) in [6, 6.07) is 18.7. The van der Waals surface area contributed by atoms with Crippen LogP contribution in [0.1, 0.15) is 6.42 Å². The van der Waals surface area contributed by atoms with Crippen LogP contribution in [-0.2, 0) is 0 Å². The Bertz CT molecular complexity index is 518. The fraction of sp³-hybridized carbons (Fsp3) is 0.294. The van der Waals surface area contributed by atoms with Crippen LogP contribution in [0.25, 0.3) is 11.1 Å². The van der Waals surface area contributed by atoms with Crippen molar-refractivity contribution < 1.29 is 4.74 Å². The van der Waals surface area contributed by atoms with E-state index >= 15 is 0 Å². The van der Waals surface area contributed by atoms with Crippen LogP contribution in [0.2, 0.25) is 0 Å². The second kappa shape index (κ2) is 5.89. The molecule has 1 heterocycles. The van der Waals surface area contributed by atoms with Crippen LogP contribution in [0.15, 0.2) is 54.6 Å². The summed E-state index contributed by atoms with van der Waals surface area (Å²) in [5, 5.41) is 3.37. The van der Waals surface area contributed by atoms with Gasteiger partial charge in [0.15, 0.2) is 0 Å². The molecule has 19 heavy (non-hydrogen) atoms. The Labute approximate surface area is 114 Å². The van der Waals surface area contributed by atoms with E-state index < -0.39 is 0 Å². The lowest BCUT2D eigenvalue weighted by Crippen LogP contribution is -2.15. The Kier molecular flexibility index (Phi) is 3.80. The highest BCUT2D eigenvalue weighted by atomic mass is 16.5. The number of nitrogens with one attached hydrogen (secondary N) is 1. The van der Waals surface area contributed by atoms with E-state index in [1.165, 1.54) is 17.5 Å². The second-order valence-corrected chi connectivity index (χ2v) is 5.03. The van der Waals surface area contributed by atoms with Gasteiger partial charge in [0.1, 0.15) is 5.75 Å². The topological polar surface area (TPSA) is 21.3 Å². The molecule has 0 radical (unpaired) electrons. The quantitative estimate of drug-likeness (QED) is 0.902. The maximum absolute atomic E-state index is 6.04. The molecule has 0 aromatic heterocycles. The van der Waals surface area contributed by atoms with Crippen LogP contribution in [0, 0.1) is 5.92 Å². The van der Waals surface area contributed by atoms with Gasteiger partial charge in [0.2, 0.25) is 0 Å². The van der Waals surface area contributed by atoms with Crippen molar-refractivity contribution in [1.82, 2.24) is 5.32 Å². The molecule has 1 atom stereocenters. The summed E-state index contributed by atoms with van der Waals surface area (Å²) in [6.07, 6.45) is 1.22. The highest BCUT2D eigenvalue weighted by Gasteiger charge is 2.15. The van der Waals surface area contributed by atoms with Gasteiger partial charge in [-0.2, -0.15) is 0 Å². The van der Waals surface area contributed by atoms with E-state index in [-0.39, 0.29) is 0 Å². The Balaban J connectivity index is 1.77. The van der Waals surface area contributed by atoms with Crippen LogP contribution in [0.4, 0.5) is 0 Å². The number of ether oxygens (including phenoxy) is 1. The highest BCUT2D eigenvalue weighted by molar-refractivity contribution is 5.70. The molecule has 0 spiro atoms. The average molecular weight is 253 g/mol. The molecule has 0 saturated carbocycles. The molecule has 98 valence electrons. The van der Waals surface area contributed by atoms with Crippen molar-refractivity contribution in [1.29, 1.82) is 0 Å². The first kappa shape index (κ1) is 12.2. The third kappa shape index (κ3) is 2.96. The molecule has 1 fully saturated rings. The summed E-state index contributed by atoms with van der Waals surface area (Å²) in [5.74, 6) is 1.63. The van der Waals surface area contributed by atoms with Gasteiger partial charge in [-0.05, 0) is 24.6 Å². The molecule has 0 bridgehead atoms. The molecule has 1 saturated heterocycles. The van der Waals surface area contributed by atoms with Crippen molar-refractivity contribution in [2.24, 2.45) is 5.92 Å². The lowest BCUT2D eigenvalue weighted by molar-refractivity contribution is 0.261. The first-order valence-electron chi connectivity index (χ1n) is 6.91. The Hall–Kier alpha value is -1.80. The normalized spacial score (nSPS) is 18.4. The molecule has 0 aliphatic carbocycles. The number of benzene rings is 2. The van der Waals surface area contributed by atoms with Gasteiger partial charge in [-0.25, -0.2) is 0 Å². The average Bonchev–Trinajstić information content (AvgIpc) is 3.00. The van der Waals surface area contributed by atoms with Crippen molar-refractivity contribution in [3.63, 3.8) is 0 Å². The van der Waals surface area contributed by atoms with Gasteiger partial charge in [-0.15, -0.1) is 0 Å². The molecule has 0 amide bonds. The van der Waals surface area contributed by atoms with E-state index in [1.807, 2.05) is 12.1 Å². The standard InChI is InChI=1S/C17H19NO/c1-2-6-15(7-3-1)16-8-4-5-9-17(16)19-13-14-10-11-18-12-14/h1-9,14,18H,10-13H2. The van der Waals surface area contributed by atoms with Crippen LogP contribution >= 0.6 is 0 Å². The van der Waals surface area contributed by atoms with E-state index in [1.54, 1.807) is 0 Å². The second-order valence-electron chi connectivity index (χ2n) is 5.03. The third-order valence-corrected chi connectivity index (χ3v) is 3.61. The molecule has 1 N–H and O–H groups in total. The highest BCUT2D eigenvalue weighted by Crippen LogP contribution is 2.30. The smallest absolute Gasteiger partial charge is 0.127 e. The van der Waals surface area contributed by atoms with E-state index in [0.717, 1.165) is 25.4 Å². The first-order chi connectivity index (χ1) is 9.43. The maximum atomic E-state index is 6.04. The largest absolute Gasteiger partial charge is 0.493 e. The molecule has 1 unspecified atom stereocenters. The summed E-state index contributed by atoms with van der Waals surface area (Å²) >= 11 is 0. The number of para-hydroxylation sites is 1. The minimum atomic E-state index is 0.642. The predicted octanol–water partition coefficient (Wildman–Crippen LogP) is 3.34. The van der Waals surface area contributed by atoms with Crippen molar-refractivity contribution in [3.05, 3.63) is 54.6 Å². The molecule has 2 nitrogen and oxygen atoms in total. The SMILES string of the molecule is c1ccc(-c2ccccc2OCC2CCNC2)cc1. The van der Waals surface area contributed by atoms with Crippen LogP contribution in [0.3, 0.4) is 0 Å². The zero-order valence-corrected chi connectivity index (χ0v) is 11.0. The molecule has 2 aromatic carbocycles. The Morgan fingerprint density at radius 2 is 1.79 bits per heavy atom. The number of hydrogen-bond acceptors (Lipinski definition) is 2. The fourth-order valence-corrected chi connectivity index (χ4v) is 2.51. The van der Waals surface area contributed by atoms with Crippen molar-refractivity contribution in [2.75, 3.05) is 19.7 Å². The van der Waals surface area contributed by atoms with E-state index in [9.17, 15) is 0 Å². The fourth-order valence-electron chi connectivity index (χ4n) is 2.51. The van der Waals surface area contributed by atoms with Crippen molar-refractivity contribution >= 4 is 0 Å². The van der Waals surface area contributed by atoms with Crippen LogP contribution in [-0.4, -0.2) is 19.7 Å². The summed E-state index contributed by atoms with van der Waals surface area (Å²) in [4.78, 5) is 0. The van der Waals surface area contributed by atoms with Crippen LogP contribution < -0.4 is 10.1 Å². The lowest BCUT2D eigenvalue weighted by atomic mass is 10.0. The van der Waals surface area contributed by atoms with Crippen LogP contribution in [0.5, 0.6) is 5.75 Å². The summed E-state index contributed by atoms with van der Waals surface area (Å²) in [5.41, 5.74) is 2.39.